The summed E-state index contributed by atoms with van der Waals surface area (Å²) in [6, 6.07) is 15.9. The first kappa shape index (κ1) is 21.7. The third-order valence-electron chi connectivity index (χ3n) is 5.33. The van der Waals surface area contributed by atoms with E-state index >= 15 is 0 Å². The molecule has 1 heterocycles. The highest BCUT2D eigenvalue weighted by atomic mass is 79.9. The van der Waals surface area contributed by atoms with Crippen LogP contribution in [0.1, 0.15) is 37.3 Å². The summed E-state index contributed by atoms with van der Waals surface area (Å²) in [4.78, 5) is 19.6. The molecule has 0 amide bonds. The number of halogens is 1. The number of benzene rings is 3. The third-order valence-corrected chi connectivity index (χ3v) is 5.93. The van der Waals surface area contributed by atoms with Crippen molar-refractivity contribution in [2.24, 2.45) is 4.99 Å². The Balaban J connectivity index is 1.65. The number of non-ortho nitro benzene ring substituents is 1. The van der Waals surface area contributed by atoms with E-state index in [1.807, 2.05) is 18.2 Å². The summed E-state index contributed by atoms with van der Waals surface area (Å²) in [6.45, 7) is 4.34. The molecule has 1 N–H and O–H groups in total. The van der Waals surface area contributed by atoms with Crippen molar-refractivity contribution in [2.45, 2.75) is 26.2 Å². The predicted molar refractivity (Wildman–Crippen MR) is 128 cm³/mol. The van der Waals surface area contributed by atoms with Gasteiger partial charge in [0.2, 0.25) is 5.89 Å². The van der Waals surface area contributed by atoms with Crippen LogP contribution in [0, 0.1) is 10.1 Å². The molecule has 0 unspecified atom stereocenters. The molecule has 1 atom stereocenters. The van der Waals surface area contributed by atoms with Crippen molar-refractivity contribution in [3.8, 4) is 17.2 Å². The normalized spacial score (nSPS) is 12.5. The number of hydrogen-bond donors (Lipinski definition) is 1. The highest BCUT2D eigenvalue weighted by Crippen LogP contribution is 2.33. The lowest BCUT2D eigenvalue weighted by Gasteiger charge is -2.07. The molecule has 0 aliphatic rings. The molecule has 4 aromatic rings. The zero-order valence-electron chi connectivity index (χ0n) is 17.4. The van der Waals surface area contributed by atoms with E-state index in [0.29, 0.717) is 23.1 Å². The number of phenols is 1. The lowest BCUT2D eigenvalue weighted by Crippen LogP contribution is -1.91. The zero-order valence-corrected chi connectivity index (χ0v) is 19.0. The first-order valence-electron chi connectivity index (χ1n) is 10.1. The molecule has 32 heavy (non-hydrogen) atoms. The van der Waals surface area contributed by atoms with Crippen molar-refractivity contribution in [3.63, 3.8) is 0 Å². The molecule has 0 radical (unpaired) electrons. The van der Waals surface area contributed by atoms with Gasteiger partial charge in [-0.25, -0.2) is 4.98 Å². The maximum Gasteiger partial charge on any atom is 0.271 e. The molecular formula is C24H20BrN3O4. The summed E-state index contributed by atoms with van der Waals surface area (Å²) in [5.41, 5.74) is 4.17. The second kappa shape index (κ2) is 8.92. The average molecular weight is 494 g/mol. The average Bonchev–Trinajstić information content (AvgIpc) is 3.23. The van der Waals surface area contributed by atoms with E-state index in [1.54, 1.807) is 12.1 Å². The van der Waals surface area contributed by atoms with Crippen LogP contribution >= 0.6 is 15.9 Å². The molecule has 3 aromatic carbocycles. The van der Waals surface area contributed by atoms with Gasteiger partial charge in [0, 0.05) is 29.5 Å². The number of nitro groups is 1. The predicted octanol–water partition coefficient (Wildman–Crippen LogP) is 7.14. The summed E-state index contributed by atoms with van der Waals surface area (Å²) in [7, 11) is 0. The monoisotopic (exact) mass is 493 g/mol. The SMILES string of the molecule is CC[C@H](C)c1ccc2oc(-c3cccc(N=Cc4cc([N+](=O)[O-])cc(Br)c4O)c3)nc2c1. The largest absolute Gasteiger partial charge is 0.506 e. The van der Waals surface area contributed by atoms with Crippen LogP contribution in [0.5, 0.6) is 5.75 Å². The fraction of sp³-hybridized carbons (Fsp3) is 0.167. The standard InChI is InChI=1S/C24H20BrN3O4/c1-3-14(2)15-7-8-22-21(11-15)27-24(32-22)16-5-4-6-18(9-16)26-13-17-10-19(28(30)31)12-20(25)23(17)29/h4-14,29H,3H2,1-2H3/t14-/m0/s1. The van der Waals surface area contributed by atoms with Crippen molar-refractivity contribution in [1.29, 1.82) is 0 Å². The van der Waals surface area contributed by atoms with E-state index < -0.39 is 4.92 Å². The van der Waals surface area contributed by atoms with Gasteiger partial charge in [-0.3, -0.25) is 15.1 Å². The summed E-state index contributed by atoms with van der Waals surface area (Å²) >= 11 is 3.13. The van der Waals surface area contributed by atoms with Crippen molar-refractivity contribution in [1.82, 2.24) is 4.98 Å². The highest BCUT2D eigenvalue weighted by molar-refractivity contribution is 9.10. The molecule has 7 nitrogen and oxygen atoms in total. The molecule has 0 aliphatic carbocycles. The van der Waals surface area contributed by atoms with E-state index in [0.717, 1.165) is 17.5 Å². The lowest BCUT2D eigenvalue weighted by molar-refractivity contribution is -0.385. The second-order valence-corrected chi connectivity index (χ2v) is 8.34. The Bertz CT molecular complexity index is 1350. The number of oxazole rings is 1. The van der Waals surface area contributed by atoms with Crippen molar-refractivity contribution < 1.29 is 14.4 Å². The van der Waals surface area contributed by atoms with Crippen molar-refractivity contribution >= 4 is 44.6 Å². The Morgan fingerprint density at radius 2 is 2.06 bits per heavy atom. The van der Waals surface area contributed by atoms with Crippen molar-refractivity contribution in [3.05, 3.63) is 80.3 Å². The van der Waals surface area contributed by atoms with Gasteiger partial charge < -0.3 is 9.52 Å². The molecule has 0 aliphatic heterocycles. The number of nitro benzene ring substituents is 1. The van der Waals surface area contributed by atoms with Gasteiger partial charge in [-0.2, -0.15) is 0 Å². The van der Waals surface area contributed by atoms with Gasteiger partial charge in [-0.05, 0) is 64.2 Å². The summed E-state index contributed by atoms with van der Waals surface area (Å²) < 4.78 is 6.16. The third kappa shape index (κ3) is 4.40. The quantitative estimate of drug-likeness (QED) is 0.174. The Morgan fingerprint density at radius 3 is 2.81 bits per heavy atom. The van der Waals surface area contributed by atoms with Crippen LogP contribution in [-0.2, 0) is 0 Å². The molecule has 0 bridgehead atoms. The summed E-state index contributed by atoms with van der Waals surface area (Å²) in [5.74, 6) is 0.813. The Morgan fingerprint density at radius 1 is 1.25 bits per heavy atom. The lowest BCUT2D eigenvalue weighted by atomic mass is 9.98. The Kier molecular flexibility index (Phi) is 6.05. The fourth-order valence-electron chi connectivity index (χ4n) is 3.28. The molecular weight excluding hydrogens is 474 g/mol. The highest BCUT2D eigenvalue weighted by Gasteiger charge is 2.14. The first-order chi connectivity index (χ1) is 15.4. The number of rotatable bonds is 6. The zero-order chi connectivity index (χ0) is 22.8. The van der Waals surface area contributed by atoms with Gasteiger partial charge >= 0.3 is 0 Å². The van der Waals surface area contributed by atoms with Gasteiger partial charge in [0.25, 0.3) is 5.69 Å². The smallest absolute Gasteiger partial charge is 0.271 e. The number of aliphatic imine (C=N–C) groups is 1. The van der Waals surface area contributed by atoms with Crippen LogP contribution < -0.4 is 0 Å². The Labute approximate surface area is 192 Å². The number of hydrogen-bond acceptors (Lipinski definition) is 6. The van der Waals surface area contributed by atoms with Gasteiger partial charge in [-0.15, -0.1) is 0 Å². The van der Waals surface area contributed by atoms with Crippen LogP contribution in [0.3, 0.4) is 0 Å². The second-order valence-electron chi connectivity index (χ2n) is 7.49. The van der Waals surface area contributed by atoms with Gasteiger partial charge in [-0.1, -0.05) is 26.0 Å². The Hall–Kier alpha value is -3.52. The molecule has 4 rings (SSSR count). The molecule has 0 spiro atoms. The number of aromatic nitrogens is 1. The maximum absolute atomic E-state index is 11.1. The van der Waals surface area contributed by atoms with Crippen LogP contribution in [-0.4, -0.2) is 21.2 Å². The molecule has 8 heteroatoms. The topological polar surface area (TPSA) is 102 Å². The van der Waals surface area contributed by atoms with Crippen LogP contribution in [0.15, 0.2) is 68.5 Å². The minimum Gasteiger partial charge on any atom is -0.506 e. The molecule has 0 fully saturated rings. The minimum atomic E-state index is -0.526. The maximum atomic E-state index is 11.1. The van der Waals surface area contributed by atoms with E-state index in [-0.39, 0.29) is 21.5 Å². The van der Waals surface area contributed by atoms with E-state index in [9.17, 15) is 15.2 Å². The number of phenolic OH excluding ortho intramolecular Hbond substituents is 1. The minimum absolute atomic E-state index is 0.119. The van der Waals surface area contributed by atoms with E-state index in [2.05, 4.69) is 51.9 Å². The van der Waals surface area contributed by atoms with Crippen LogP contribution in [0.25, 0.3) is 22.6 Å². The fourth-order valence-corrected chi connectivity index (χ4v) is 3.75. The molecule has 0 saturated heterocycles. The number of nitrogens with zero attached hydrogens (tertiary/aromatic N) is 3. The molecule has 0 saturated carbocycles. The summed E-state index contributed by atoms with van der Waals surface area (Å²) in [5, 5.41) is 21.3. The van der Waals surface area contributed by atoms with Crippen LogP contribution in [0.2, 0.25) is 0 Å². The van der Waals surface area contributed by atoms with E-state index in [1.165, 1.54) is 23.9 Å². The summed E-state index contributed by atoms with van der Waals surface area (Å²) in [6.07, 6.45) is 2.43. The first-order valence-corrected chi connectivity index (χ1v) is 10.9. The van der Waals surface area contributed by atoms with Crippen LogP contribution in [0.4, 0.5) is 11.4 Å². The number of fused-ring (bicyclic) bond motifs is 1. The van der Waals surface area contributed by atoms with Gasteiger partial charge in [0.1, 0.15) is 11.3 Å². The van der Waals surface area contributed by atoms with E-state index in [4.69, 9.17) is 4.42 Å². The van der Waals surface area contributed by atoms with Crippen molar-refractivity contribution in [2.75, 3.05) is 0 Å². The number of aromatic hydroxyl groups is 1. The van der Waals surface area contributed by atoms with Gasteiger partial charge in [0.05, 0.1) is 15.1 Å². The molecule has 1 aromatic heterocycles. The molecule has 162 valence electrons. The van der Waals surface area contributed by atoms with Gasteiger partial charge in [0.15, 0.2) is 5.58 Å².